The average molecular weight is 173 g/mol. The number of guanidine groups is 1. The Kier molecular flexibility index (Phi) is 5.45. The fourth-order valence-corrected chi connectivity index (χ4v) is 0.751. The van der Waals surface area contributed by atoms with Crippen LogP contribution in [0.3, 0.4) is 0 Å². The van der Waals surface area contributed by atoms with Crippen LogP contribution in [0.25, 0.3) is 0 Å². The fourth-order valence-electron chi connectivity index (χ4n) is 0.751. The van der Waals surface area contributed by atoms with E-state index in [2.05, 4.69) is 10.3 Å². The molecule has 72 valence electrons. The summed E-state index contributed by atoms with van der Waals surface area (Å²) in [5.74, 6) is 0.745. The lowest BCUT2D eigenvalue weighted by Crippen LogP contribution is -2.42. The van der Waals surface area contributed by atoms with Gasteiger partial charge in [-0.15, -0.1) is 0 Å². The van der Waals surface area contributed by atoms with Gasteiger partial charge in [-0.25, -0.2) is 0 Å². The van der Waals surface area contributed by atoms with Crippen LogP contribution in [0.2, 0.25) is 0 Å². The van der Waals surface area contributed by atoms with Gasteiger partial charge in [0.2, 0.25) is 0 Å². The number of hydrogen-bond donors (Lipinski definition) is 2. The lowest BCUT2D eigenvalue weighted by molar-refractivity contribution is 0.187. The summed E-state index contributed by atoms with van der Waals surface area (Å²) in [5, 5.41) is 12.0. The Morgan fingerprint density at radius 1 is 1.58 bits per heavy atom. The van der Waals surface area contributed by atoms with Crippen LogP contribution in [0.5, 0.6) is 0 Å². The lowest BCUT2D eigenvalue weighted by atomic mass is 10.4. The zero-order chi connectivity index (χ0) is 9.56. The summed E-state index contributed by atoms with van der Waals surface area (Å²) in [5.41, 5.74) is 0. The van der Waals surface area contributed by atoms with Crippen molar-refractivity contribution in [1.29, 1.82) is 0 Å². The first-order valence-corrected chi connectivity index (χ1v) is 4.24. The molecule has 0 atom stereocenters. The molecule has 0 radical (unpaired) electrons. The maximum Gasteiger partial charge on any atom is 0.195 e. The Balaban J connectivity index is 4.13. The molecule has 0 aliphatic heterocycles. The van der Waals surface area contributed by atoms with E-state index in [-0.39, 0.29) is 6.73 Å². The first-order valence-electron chi connectivity index (χ1n) is 4.24. The van der Waals surface area contributed by atoms with Crippen LogP contribution in [0.1, 0.15) is 20.8 Å². The van der Waals surface area contributed by atoms with Gasteiger partial charge < -0.3 is 15.3 Å². The van der Waals surface area contributed by atoms with Crippen LogP contribution in [0, 0.1) is 0 Å². The molecule has 0 aliphatic carbocycles. The first kappa shape index (κ1) is 11.2. The van der Waals surface area contributed by atoms with Crippen LogP contribution in [-0.2, 0) is 0 Å². The fraction of sp³-hybridized carbons (Fsp3) is 0.875. The molecule has 0 saturated carbocycles. The summed E-state index contributed by atoms with van der Waals surface area (Å²) >= 11 is 0. The molecule has 0 rings (SSSR count). The summed E-state index contributed by atoms with van der Waals surface area (Å²) in [6.45, 7) is 6.75. The molecule has 0 saturated heterocycles. The van der Waals surface area contributed by atoms with Gasteiger partial charge in [-0.3, -0.25) is 4.99 Å². The number of hydrogen-bond acceptors (Lipinski definition) is 2. The monoisotopic (exact) mass is 173 g/mol. The van der Waals surface area contributed by atoms with Crippen molar-refractivity contribution in [1.82, 2.24) is 10.2 Å². The molecule has 0 unspecified atom stereocenters. The molecule has 0 aromatic rings. The standard InChI is InChI=1S/C8H19N3O/c1-5-9-8(10-7(2)3)11(4)6-12/h7,12H,5-6H2,1-4H3,(H,9,10). The first-order chi connectivity index (χ1) is 5.61. The van der Waals surface area contributed by atoms with Gasteiger partial charge in [-0.05, 0) is 20.8 Å². The van der Waals surface area contributed by atoms with Crippen molar-refractivity contribution < 1.29 is 5.11 Å². The topological polar surface area (TPSA) is 47.9 Å². The van der Waals surface area contributed by atoms with E-state index in [0.717, 1.165) is 12.5 Å². The number of nitrogens with one attached hydrogen (secondary N) is 1. The summed E-state index contributed by atoms with van der Waals surface area (Å²) in [6, 6.07) is 0.337. The zero-order valence-corrected chi connectivity index (χ0v) is 8.33. The second-order valence-corrected chi connectivity index (χ2v) is 2.94. The van der Waals surface area contributed by atoms with E-state index in [0.29, 0.717) is 6.04 Å². The van der Waals surface area contributed by atoms with Crippen molar-refractivity contribution in [2.45, 2.75) is 26.8 Å². The Hall–Kier alpha value is -0.770. The van der Waals surface area contributed by atoms with Crippen LogP contribution in [-0.4, -0.2) is 42.3 Å². The number of aliphatic imine (C=N–C) groups is 1. The molecule has 0 spiro atoms. The Morgan fingerprint density at radius 2 is 2.17 bits per heavy atom. The van der Waals surface area contributed by atoms with Crippen LogP contribution in [0.15, 0.2) is 4.99 Å². The third-order valence-electron chi connectivity index (χ3n) is 1.30. The third kappa shape index (κ3) is 4.18. The lowest BCUT2D eigenvalue weighted by Gasteiger charge is -2.21. The van der Waals surface area contributed by atoms with E-state index < -0.39 is 0 Å². The Bertz CT molecular complexity index is 145. The van der Waals surface area contributed by atoms with E-state index in [4.69, 9.17) is 5.11 Å². The van der Waals surface area contributed by atoms with Crippen LogP contribution in [0.4, 0.5) is 0 Å². The van der Waals surface area contributed by atoms with Crippen molar-refractivity contribution >= 4 is 5.96 Å². The highest BCUT2D eigenvalue weighted by molar-refractivity contribution is 5.79. The summed E-state index contributed by atoms with van der Waals surface area (Å²) in [7, 11) is 1.80. The molecule has 0 aromatic carbocycles. The molecule has 0 fully saturated rings. The normalized spacial score (nSPS) is 12.0. The van der Waals surface area contributed by atoms with Gasteiger partial charge in [-0.2, -0.15) is 0 Å². The molecule has 4 heteroatoms. The number of aliphatic hydroxyl groups is 1. The predicted octanol–water partition coefficient (Wildman–Crippen LogP) is 0.242. The molecular weight excluding hydrogens is 154 g/mol. The van der Waals surface area contributed by atoms with Gasteiger partial charge in [-0.1, -0.05) is 0 Å². The van der Waals surface area contributed by atoms with Crippen molar-refractivity contribution in [2.24, 2.45) is 4.99 Å². The van der Waals surface area contributed by atoms with Crippen LogP contribution < -0.4 is 5.32 Å². The second kappa shape index (κ2) is 5.83. The van der Waals surface area contributed by atoms with Crippen molar-refractivity contribution in [3.8, 4) is 0 Å². The van der Waals surface area contributed by atoms with Crippen molar-refractivity contribution in [2.75, 3.05) is 20.3 Å². The van der Waals surface area contributed by atoms with Gasteiger partial charge in [0.1, 0.15) is 6.73 Å². The Morgan fingerprint density at radius 3 is 2.50 bits per heavy atom. The highest BCUT2D eigenvalue weighted by Crippen LogP contribution is 1.86. The minimum atomic E-state index is -0.0153. The van der Waals surface area contributed by atoms with Crippen molar-refractivity contribution in [3.63, 3.8) is 0 Å². The predicted molar refractivity (Wildman–Crippen MR) is 51.1 cm³/mol. The third-order valence-corrected chi connectivity index (χ3v) is 1.30. The summed E-state index contributed by atoms with van der Waals surface area (Å²) in [6.07, 6.45) is 0. The van der Waals surface area contributed by atoms with E-state index in [1.54, 1.807) is 11.9 Å². The SMILES string of the molecule is CCN=C(NC(C)C)N(C)CO. The molecule has 4 nitrogen and oxygen atoms in total. The highest BCUT2D eigenvalue weighted by Gasteiger charge is 2.04. The van der Waals surface area contributed by atoms with Crippen molar-refractivity contribution in [3.05, 3.63) is 0 Å². The molecule has 12 heavy (non-hydrogen) atoms. The average Bonchev–Trinajstić information content (AvgIpc) is 2.01. The minimum absolute atomic E-state index is 0.0153. The smallest absolute Gasteiger partial charge is 0.195 e. The van der Waals surface area contributed by atoms with Gasteiger partial charge in [0.05, 0.1) is 0 Å². The minimum Gasteiger partial charge on any atom is -0.376 e. The number of rotatable bonds is 3. The maximum atomic E-state index is 8.85. The van der Waals surface area contributed by atoms with Crippen LogP contribution >= 0.6 is 0 Å². The summed E-state index contributed by atoms with van der Waals surface area (Å²) < 4.78 is 0. The quantitative estimate of drug-likeness (QED) is 0.365. The van der Waals surface area contributed by atoms with E-state index in [9.17, 15) is 0 Å². The van der Waals surface area contributed by atoms with E-state index >= 15 is 0 Å². The molecule has 0 aromatic heterocycles. The second-order valence-electron chi connectivity index (χ2n) is 2.94. The molecular formula is C8H19N3O. The number of nitrogens with zero attached hydrogens (tertiary/aromatic N) is 2. The van der Waals surface area contributed by atoms with E-state index in [1.807, 2.05) is 20.8 Å². The van der Waals surface area contributed by atoms with Gasteiger partial charge in [0.25, 0.3) is 0 Å². The zero-order valence-electron chi connectivity index (χ0n) is 8.33. The van der Waals surface area contributed by atoms with Gasteiger partial charge in [0, 0.05) is 19.6 Å². The largest absolute Gasteiger partial charge is 0.376 e. The Labute approximate surface area is 74.3 Å². The highest BCUT2D eigenvalue weighted by atomic mass is 16.3. The molecule has 0 aliphatic rings. The molecule has 0 bridgehead atoms. The molecule has 0 amide bonds. The summed E-state index contributed by atoms with van der Waals surface area (Å²) in [4.78, 5) is 5.88. The maximum absolute atomic E-state index is 8.85. The number of aliphatic hydroxyl groups excluding tert-OH is 1. The molecule has 0 heterocycles. The van der Waals surface area contributed by atoms with Gasteiger partial charge in [0.15, 0.2) is 5.96 Å². The molecule has 2 N–H and O–H groups in total. The van der Waals surface area contributed by atoms with Gasteiger partial charge >= 0.3 is 0 Å². The van der Waals surface area contributed by atoms with E-state index in [1.165, 1.54) is 0 Å².